The lowest BCUT2D eigenvalue weighted by Gasteiger charge is -2.17. The van der Waals surface area contributed by atoms with E-state index >= 15 is 0 Å². The molecule has 0 N–H and O–H groups in total. The van der Waals surface area contributed by atoms with Gasteiger partial charge in [0.25, 0.3) is 0 Å². The van der Waals surface area contributed by atoms with Crippen LogP contribution in [0.2, 0.25) is 0 Å². The molecule has 1 atom stereocenters. The van der Waals surface area contributed by atoms with Gasteiger partial charge in [-0.2, -0.15) is 8.42 Å². The first-order valence-corrected chi connectivity index (χ1v) is 10.7. The van der Waals surface area contributed by atoms with Crippen LogP contribution in [0.25, 0.3) is 10.9 Å². The van der Waals surface area contributed by atoms with Gasteiger partial charge in [-0.3, -0.25) is 4.98 Å². The number of nitrogens with zero attached hydrogens (tertiary/aromatic N) is 2. The number of amides is 1. The summed E-state index contributed by atoms with van der Waals surface area (Å²) in [6.07, 6.45) is 1.35. The molecule has 0 spiro atoms. The average molecular weight is 412 g/mol. The van der Waals surface area contributed by atoms with Crippen molar-refractivity contribution < 1.29 is 22.1 Å². The monoisotopic (exact) mass is 412 g/mol. The van der Waals surface area contributed by atoms with Crippen molar-refractivity contribution in [2.75, 3.05) is 13.1 Å². The quantitative estimate of drug-likeness (QED) is 0.598. The van der Waals surface area contributed by atoms with Gasteiger partial charge in [0.15, 0.2) is 5.75 Å². The molecule has 150 valence electrons. The highest BCUT2D eigenvalue weighted by molar-refractivity contribution is 7.87. The lowest BCUT2D eigenvalue weighted by molar-refractivity contribution is 0.104. The van der Waals surface area contributed by atoms with E-state index in [4.69, 9.17) is 8.92 Å². The molecule has 0 radical (unpaired) electrons. The third kappa shape index (κ3) is 4.32. The van der Waals surface area contributed by atoms with Crippen LogP contribution in [0.15, 0.2) is 66.9 Å². The number of hydrogen-bond acceptors (Lipinski definition) is 6. The van der Waals surface area contributed by atoms with Crippen LogP contribution in [0.3, 0.4) is 0 Å². The van der Waals surface area contributed by atoms with Crippen molar-refractivity contribution in [3.8, 4) is 5.75 Å². The molecule has 1 fully saturated rings. The number of aromatic nitrogens is 1. The normalized spacial score (nSPS) is 16.7. The van der Waals surface area contributed by atoms with E-state index in [1.54, 1.807) is 24.4 Å². The van der Waals surface area contributed by atoms with Crippen molar-refractivity contribution in [2.45, 2.75) is 18.3 Å². The second-order valence-corrected chi connectivity index (χ2v) is 8.62. The molecule has 0 bridgehead atoms. The summed E-state index contributed by atoms with van der Waals surface area (Å²) in [6, 6.07) is 18.1. The van der Waals surface area contributed by atoms with Gasteiger partial charge in [-0.25, -0.2) is 4.79 Å². The minimum Gasteiger partial charge on any atom is -0.445 e. The summed E-state index contributed by atoms with van der Waals surface area (Å²) >= 11 is 0. The summed E-state index contributed by atoms with van der Waals surface area (Å²) in [5.74, 6) is 0.188. The minimum absolute atomic E-state index is 0.0359. The lowest BCUT2D eigenvalue weighted by Crippen LogP contribution is -2.33. The van der Waals surface area contributed by atoms with Crippen LogP contribution < -0.4 is 4.18 Å². The number of pyridine rings is 1. The average Bonchev–Trinajstić information content (AvgIpc) is 3.24. The van der Waals surface area contributed by atoms with E-state index in [2.05, 4.69) is 4.98 Å². The molecule has 1 aliphatic rings. The van der Waals surface area contributed by atoms with Gasteiger partial charge < -0.3 is 13.8 Å². The molecule has 2 heterocycles. The van der Waals surface area contributed by atoms with Crippen molar-refractivity contribution in [1.82, 2.24) is 9.88 Å². The number of ether oxygens (including phenoxy) is 1. The van der Waals surface area contributed by atoms with Gasteiger partial charge in [-0.15, -0.1) is 0 Å². The molecule has 1 aliphatic heterocycles. The van der Waals surface area contributed by atoms with Crippen molar-refractivity contribution in [1.29, 1.82) is 0 Å². The number of hydrogen-bond donors (Lipinski definition) is 0. The lowest BCUT2D eigenvalue weighted by atomic mass is 10.2. The minimum atomic E-state index is -3.93. The Morgan fingerprint density at radius 3 is 2.69 bits per heavy atom. The van der Waals surface area contributed by atoms with E-state index in [0.29, 0.717) is 18.5 Å². The summed E-state index contributed by atoms with van der Waals surface area (Å²) in [6.45, 7) is 0.481. The Labute approximate surface area is 169 Å². The van der Waals surface area contributed by atoms with E-state index in [9.17, 15) is 13.2 Å². The molecule has 0 saturated carbocycles. The molecular formula is C21H20N2O5S. The SMILES string of the molecule is O=C(OCc1ccccc1)N1CCC(S(=O)(=O)Oc2cccc3cccnc23)C1. The maximum absolute atomic E-state index is 12.8. The van der Waals surface area contributed by atoms with Crippen LogP contribution in [0.5, 0.6) is 5.75 Å². The Bertz CT molecular complexity index is 1110. The first-order chi connectivity index (χ1) is 14.0. The molecule has 3 aromatic rings. The number of fused-ring (bicyclic) bond motifs is 1. The Kier molecular flexibility index (Phi) is 5.35. The van der Waals surface area contributed by atoms with Gasteiger partial charge in [0.2, 0.25) is 0 Å². The number of carbonyl (C=O) groups excluding carboxylic acids is 1. The molecular weight excluding hydrogens is 392 g/mol. The Balaban J connectivity index is 1.40. The van der Waals surface area contributed by atoms with Gasteiger partial charge in [0.1, 0.15) is 17.4 Å². The first kappa shape index (κ1) is 19.2. The van der Waals surface area contributed by atoms with Crippen LogP contribution in [-0.4, -0.2) is 42.7 Å². The van der Waals surface area contributed by atoms with Crippen LogP contribution in [0.1, 0.15) is 12.0 Å². The zero-order chi connectivity index (χ0) is 20.3. The predicted molar refractivity (Wildman–Crippen MR) is 108 cm³/mol. The van der Waals surface area contributed by atoms with E-state index in [0.717, 1.165) is 10.9 Å². The fraction of sp³-hybridized carbons (Fsp3) is 0.238. The molecule has 8 heteroatoms. The van der Waals surface area contributed by atoms with E-state index in [-0.39, 0.29) is 18.9 Å². The number of likely N-dealkylation sites (tertiary alicyclic amines) is 1. The number of carbonyl (C=O) groups is 1. The van der Waals surface area contributed by atoms with Gasteiger partial charge in [0.05, 0.1) is 0 Å². The van der Waals surface area contributed by atoms with Gasteiger partial charge in [-0.05, 0) is 24.1 Å². The van der Waals surface area contributed by atoms with Crippen LogP contribution >= 0.6 is 0 Å². The van der Waals surface area contributed by atoms with E-state index in [1.165, 1.54) is 4.90 Å². The molecule has 1 saturated heterocycles. The summed E-state index contributed by atoms with van der Waals surface area (Å²) in [7, 11) is -3.93. The maximum Gasteiger partial charge on any atom is 0.410 e. The third-order valence-corrected chi connectivity index (χ3v) is 6.43. The molecule has 2 aromatic carbocycles. The Morgan fingerprint density at radius 1 is 1.07 bits per heavy atom. The second kappa shape index (κ2) is 8.08. The van der Waals surface area contributed by atoms with E-state index in [1.807, 2.05) is 42.5 Å². The van der Waals surface area contributed by atoms with Gasteiger partial charge >= 0.3 is 16.2 Å². The fourth-order valence-corrected chi connectivity index (χ4v) is 4.55. The topological polar surface area (TPSA) is 85.8 Å². The molecule has 1 unspecified atom stereocenters. The highest BCUT2D eigenvalue weighted by Crippen LogP contribution is 2.27. The molecule has 1 aromatic heterocycles. The first-order valence-electron chi connectivity index (χ1n) is 9.25. The third-order valence-electron chi connectivity index (χ3n) is 4.82. The Morgan fingerprint density at radius 2 is 1.86 bits per heavy atom. The smallest absolute Gasteiger partial charge is 0.410 e. The highest BCUT2D eigenvalue weighted by atomic mass is 32.2. The van der Waals surface area contributed by atoms with Crippen molar-refractivity contribution in [3.05, 3.63) is 72.4 Å². The van der Waals surface area contributed by atoms with Gasteiger partial charge in [-0.1, -0.05) is 48.5 Å². The molecule has 7 nitrogen and oxygen atoms in total. The second-order valence-electron chi connectivity index (χ2n) is 6.80. The molecule has 0 aliphatic carbocycles. The van der Waals surface area contributed by atoms with Crippen LogP contribution in [-0.2, 0) is 21.5 Å². The predicted octanol–water partition coefficient (Wildman–Crippen LogP) is 3.35. The van der Waals surface area contributed by atoms with Gasteiger partial charge in [0, 0.05) is 24.7 Å². The number of benzene rings is 2. The van der Waals surface area contributed by atoms with Crippen molar-refractivity contribution >= 4 is 27.1 Å². The summed E-state index contributed by atoms with van der Waals surface area (Å²) in [4.78, 5) is 17.9. The van der Waals surface area contributed by atoms with Crippen molar-refractivity contribution in [3.63, 3.8) is 0 Å². The fourth-order valence-electron chi connectivity index (χ4n) is 3.28. The standard InChI is InChI=1S/C21H20N2O5S/c24-21(27-15-16-6-2-1-3-7-16)23-13-11-18(14-23)29(25,26)28-19-10-4-8-17-9-5-12-22-20(17)19/h1-10,12,18H,11,13-15H2. The Hall–Kier alpha value is -3.13. The molecule has 4 rings (SSSR count). The van der Waals surface area contributed by atoms with E-state index < -0.39 is 21.5 Å². The number of rotatable bonds is 5. The molecule has 29 heavy (non-hydrogen) atoms. The summed E-state index contributed by atoms with van der Waals surface area (Å²) < 4.78 is 36.2. The highest BCUT2D eigenvalue weighted by Gasteiger charge is 2.37. The zero-order valence-electron chi connectivity index (χ0n) is 15.6. The van der Waals surface area contributed by atoms with Crippen LogP contribution in [0.4, 0.5) is 4.79 Å². The summed E-state index contributed by atoms with van der Waals surface area (Å²) in [5.41, 5.74) is 1.35. The summed E-state index contributed by atoms with van der Waals surface area (Å²) in [5, 5.41) is -0.0246. The van der Waals surface area contributed by atoms with Crippen molar-refractivity contribution in [2.24, 2.45) is 0 Å². The molecule has 1 amide bonds. The maximum atomic E-state index is 12.8. The zero-order valence-corrected chi connectivity index (χ0v) is 16.4. The number of para-hydroxylation sites is 1. The largest absolute Gasteiger partial charge is 0.445 e. The van der Waals surface area contributed by atoms with Crippen LogP contribution in [0, 0.1) is 0 Å².